The van der Waals surface area contributed by atoms with Crippen molar-refractivity contribution in [2.24, 2.45) is 0 Å². The minimum absolute atomic E-state index is 0.0633. The summed E-state index contributed by atoms with van der Waals surface area (Å²) >= 11 is 0. The Morgan fingerprint density at radius 1 is 1.25 bits per heavy atom. The summed E-state index contributed by atoms with van der Waals surface area (Å²) in [6.45, 7) is -0.762. The number of amides is 1. The van der Waals surface area contributed by atoms with Crippen LogP contribution in [-0.4, -0.2) is 75.1 Å². The molecule has 1 aromatic carbocycles. The SMILES string of the molecule is CO[C@H](COS(=O)(=O)NC(=O)c1ccccc1O)[C@@H](O)[C@@H](O)n1cnc2c(N)ncnc21. The number of imidazole rings is 1. The fourth-order valence-corrected chi connectivity index (χ4v) is 3.46. The summed E-state index contributed by atoms with van der Waals surface area (Å²) in [4.78, 5) is 23.7. The van der Waals surface area contributed by atoms with Crippen molar-refractivity contribution in [1.82, 2.24) is 24.2 Å². The predicted molar refractivity (Wildman–Crippen MR) is 108 cm³/mol. The van der Waals surface area contributed by atoms with E-state index in [0.29, 0.717) is 0 Å². The molecule has 0 aliphatic heterocycles. The molecule has 0 bridgehead atoms. The largest absolute Gasteiger partial charge is 0.507 e. The maximum absolute atomic E-state index is 12.1. The number of carbonyl (C=O) groups is 1. The third kappa shape index (κ3) is 4.92. The van der Waals surface area contributed by atoms with Gasteiger partial charge in [-0.1, -0.05) is 12.1 Å². The van der Waals surface area contributed by atoms with E-state index in [1.165, 1.54) is 30.6 Å². The van der Waals surface area contributed by atoms with Crippen LogP contribution in [0.1, 0.15) is 16.6 Å². The van der Waals surface area contributed by atoms with Gasteiger partial charge in [0.15, 0.2) is 17.7 Å². The number of aliphatic hydroxyl groups is 2. The first-order valence-electron chi connectivity index (χ1n) is 8.96. The number of nitrogens with two attached hydrogens (primary N) is 1. The lowest BCUT2D eigenvalue weighted by atomic mass is 10.2. The van der Waals surface area contributed by atoms with Gasteiger partial charge in [0, 0.05) is 7.11 Å². The molecule has 0 saturated carbocycles. The van der Waals surface area contributed by atoms with E-state index in [1.807, 2.05) is 0 Å². The van der Waals surface area contributed by atoms with Gasteiger partial charge in [0.05, 0.1) is 18.5 Å². The maximum Gasteiger partial charge on any atom is 0.362 e. The lowest BCUT2D eigenvalue weighted by Crippen LogP contribution is -2.41. The number of methoxy groups -OCH3 is 1. The Balaban J connectivity index is 1.68. The molecular formula is C17H20N6O8S. The number of aromatic nitrogens is 4. The van der Waals surface area contributed by atoms with E-state index in [1.54, 1.807) is 4.72 Å². The second-order valence-corrected chi connectivity index (χ2v) is 7.80. The van der Waals surface area contributed by atoms with Crippen molar-refractivity contribution in [2.75, 3.05) is 19.5 Å². The molecule has 1 amide bonds. The first-order chi connectivity index (χ1) is 15.1. The van der Waals surface area contributed by atoms with Gasteiger partial charge in [-0.3, -0.25) is 13.5 Å². The average Bonchev–Trinajstić information content (AvgIpc) is 3.18. The molecule has 2 heterocycles. The number of carbonyl (C=O) groups excluding carboxylic acids is 1. The number of benzene rings is 1. The van der Waals surface area contributed by atoms with E-state index in [-0.39, 0.29) is 22.5 Å². The Morgan fingerprint density at radius 2 is 1.97 bits per heavy atom. The Labute approximate surface area is 181 Å². The summed E-state index contributed by atoms with van der Waals surface area (Å²) in [6, 6.07) is 5.30. The molecule has 0 saturated heterocycles. The highest BCUT2D eigenvalue weighted by Gasteiger charge is 2.31. The van der Waals surface area contributed by atoms with Crippen LogP contribution in [0.2, 0.25) is 0 Å². The van der Waals surface area contributed by atoms with Crippen molar-refractivity contribution in [3.63, 3.8) is 0 Å². The van der Waals surface area contributed by atoms with Crippen LogP contribution in [0, 0.1) is 0 Å². The lowest BCUT2D eigenvalue weighted by Gasteiger charge is -2.26. The molecule has 6 N–H and O–H groups in total. The number of aliphatic hydroxyl groups excluding tert-OH is 2. The zero-order chi connectivity index (χ0) is 23.5. The topological polar surface area (TPSA) is 212 Å². The highest BCUT2D eigenvalue weighted by atomic mass is 32.2. The van der Waals surface area contributed by atoms with Gasteiger partial charge in [0.1, 0.15) is 29.8 Å². The number of hydrogen-bond acceptors (Lipinski definition) is 12. The molecule has 0 aliphatic rings. The summed E-state index contributed by atoms with van der Waals surface area (Å²) in [6.07, 6.45) is -2.40. The van der Waals surface area contributed by atoms with Crippen molar-refractivity contribution >= 4 is 33.2 Å². The number of nitrogens with zero attached hydrogens (tertiary/aromatic N) is 4. The van der Waals surface area contributed by atoms with Gasteiger partial charge in [-0.2, -0.15) is 8.42 Å². The van der Waals surface area contributed by atoms with E-state index >= 15 is 0 Å². The van der Waals surface area contributed by atoms with Crippen molar-refractivity contribution in [1.29, 1.82) is 0 Å². The smallest absolute Gasteiger partial charge is 0.362 e. The zero-order valence-electron chi connectivity index (χ0n) is 16.6. The molecule has 0 fully saturated rings. The number of fused-ring (bicyclic) bond motifs is 1. The highest BCUT2D eigenvalue weighted by molar-refractivity contribution is 7.85. The van der Waals surface area contributed by atoms with Crippen molar-refractivity contribution in [3.05, 3.63) is 42.5 Å². The number of nitrogens with one attached hydrogen (secondary N) is 1. The Hall–Kier alpha value is -3.37. The minimum Gasteiger partial charge on any atom is -0.507 e. The summed E-state index contributed by atoms with van der Waals surface area (Å²) in [7, 11) is -3.49. The van der Waals surface area contributed by atoms with Crippen LogP contribution >= 0.6 is 0 Å². The first-order valence-corrected chi connectivity index (χ1v) is 10.4. The quantitative estimate of drug-likeness (QED) is 0.247. The lowest BCUT2D eigenvalue weighted by molar-refractivity contribution is -0.112. The number of phenolic OH excluding ortho intramolecular Hbond substituents is 1. The molecule has 15 heteroatoms. The average molecular weight is 468 g/mol. The van der Waals surface area contributed by atoms with Crippen LogP contribution in [0.5, 0.6) is 5.75 Å². The number of nitrogen functional groups attached to an aromatic ring is 1. The van der Waals surface area contributed by atoms with Crippen LogP contribution < -0.4 is 10.5 Å². The summed E-state index contributed by atoms with van der Waals surface area (Å²) in [5, 5.41) is 30.6. The van der Waals surface area contributed by atoms with Gasteiger partial charge in [-0.05, 0) is 12.1 Å². The van der Waals surface area contributed by atoms with Crippen molar-refractivity contribution in [3.8, 4) is 5.75 Å². The Bertz CT molecular complexity index is 1220. The van der Waals surface area contributed by atoms with Crippen molar-refractivity contribution in [2.45, 2.75) is 18.4 Å². The highest BCUT2D eigenvalue weighted by Crippen LogP contribution is 2.22. The monoisotopic (exact) mass is 468 g/mol. The molecule has 172 valence electrons. The van der Waals surface area contributed by atoms with Crippen LogP contribution in [0.4, 0.5) is 5.82 Å². The molecule has 0 unspecified atom stereocenters. The number of anilines is 1. The second-order valence-electron chi connectivity index (χ2n) is 6.45. The van der Waals surface area contributed by atoms with E-state index in [0.717, 1.165) is 18.0 Å². The predicted octanol–water partition coefficient (Wildman–Crippen LogP) is -1.33. The molecule has 3 atom stereocenters. The first kappa shape index (κ1) is 23.3. The van der Waals surface area contributed by atoms with E-state index in [2.05, 4.69) is 15.0 Å². The number of ether oxygens (including phenoxy) is 1. The van der Waals surface area contributed by atoms with E-state index < -0.39 is 47.0 Å². The van der Waals surface area contributed by atoms with Crippen LogP contribution in [0.15, 0.2) is 36.9 Å². The molecule has 3 rings (SSSR count). The second kappa shape index (κ2) is 9.41. The molecule has 14 nitrogen and oxygen atoms in total. The molecule has 0 radical (unpaired) electrons. The van der Waals surface area contributed by atoms with Gasteiger partial charge < -0.3 is 25.8 Å². The number of hydrogen-bond donors (Lipinski definition) is 5. The molecule has 2 aromatic heterocycles. The third-order valence-corrected chi connectivity index (χ3v) is 5.30. The summed E-state index contributed by atoms with van der Waals surface area (Å²) in [5.41, 5.74) is 5.72. The molecule has 32 heavy (non-hydrogen) atoms. The number of rotatable bonds is 9. The summed E-state index contributed by atoms with van der Waals surface area (Å²) < 4.78 is 36.6. The zero-order valence-corrected chi connectivity index (χ0v) is 17.4. The molecule has 3 aromatic rings. The molecule has 0 spiro atoms. The van der Waals surface area contributed by atoms with Crippen LogP contribution in [0.3, 0.4) is 0 Å². The number of phenols is 1. The Kier molecular flexibility index (Phi) is 6.85. The van der Waals surface area contributed by atoms with Crippen molar-refractivity contribution < 1.29 is 37.5 Å². The van der Waals surface area contributed by atoms with Gasteiger partial charge in [-0.25, -0.2) is 19.7 Å². The summed E-state index contributed by atoms with van der Waals surface area (Å²) in [5.74, 6) is -1.49. The fourth-order valence-electron chi connectivity index (χ4n) is 2.75. The van der Waals surface area contributed by atoms with E-state index in [4.69, 9.17) is 14.7 Å². The van der Waals surface area contributed by atoms with Gasteiger partial charge in [-0.15, -0.1) is 0 Å². The maximum atomic E-state index is 12.1. The molecule has 0 aliphatic carbocycles. The van der Waals surface area contributed by atoms with Gasteiger partial charge in [0.2, 0.25) is 0 Å². The van der Waals surface area contributed by atoms with Gasteiger partial charge in [0.25, 0.3) is 5.91 Å². The molecular weight excluding hydrogens is 448 g/mol. The number of aromatic hydroxyl groups is 1. The minimum atomic E-state index is -4.64. The number of para-hydroxylation sites is 1. The fraction of sp³-hybridized carbons (Fsp3) is 0.294. The standard InChI is InChI=1S/C17H20N6O8S/c1-30-11(6-31-32(28,29)22-16(26)9-4-2-3-5-10(9)24)13(25)17(27)23-8-21-12-14(18)19-7-20-15(12)23/h2-5,7-8,11,13,17,24-25,27H,6H2,1H3,(H,22,26)(H2,18,19,20)/t11-,13-,17-/m1/s1. The van der Waals surface area contributed by atoms with E-state index in [9.17, 15) is 28.5 Å². The van der Waals surface area contributed by atoms with Gasteiger partial charge >= 0.3 is 10.3 Å². The van der Waals surface area contributed by atoms with Crippen LogP contribution in [0.25, 0.3) is 11.2 Å². The third-order valence-electron chi connectivity index (χ3n) is 4.42. The Morgan fingerprint density at radius 3 is 2.66 bits per heavy atom. The van der Waals surface area contributed by atoms with Crippen LogP contribution in [-0.2, 0) is 19.2 Å². The normalized spacial score (nSPS) is 14.7.